The molecule has 10 heteroatoms. The van der Waals surface area contributed by atoms with Gasteiger partial charge in [-0.05, 0) is 74.4 Å². The lowest BCUT2D eigenvalue weighted by Gasteiger charge is -2.17. The molecule has 0 aliphatic heterocycles. The van der Waals surface area contributed by atoms with E-state index in [0.717, 1.165) is 21.9 Å². The lowest BCUT2D eigenvalue weighted by molar-refractivity contribution is 0.330. The van der Waals surface area contributed by atoms with E-state index in [9.17, 15) is 40.9 Å². The normalized spacial score (nSPS) is 12.4. The molecule has 0 aliphatic rings. The lowest BCUT2D eigenvalue weighted by Crippen LogP contribution is -2.29. The van der Waals surface area contributed by atoms with E-state index in [1.165, 1.54) is 0 Å². The van der Waals surface area contributed by atoms with Crippen LogP contribution in [0.1, 0.15) is 22.3 Å². The zero-order valence-electron chi connectivity index (χ0n) is 29.5. The standard InChI is InChI=1S/C45H33BO9/c1-22-11-5-7-15-25(22)33(26-16-8-6-14-24(26)21-30-32(23-12-3-2-4-13-23)37(47)41(51)40(50)36(30)46)28-19-20-29(35-38(48)42(52)44(54)43(53)39(35)49)45-34(28)27-17-9-10-18-31(27)55-45/h2-21,47-54H,46H2,1H3/b24-21+,33-26+. The molecule has 1 aromatic heterocycles. The second kappa shape index (κ2) is 13.2. The minimum atomic E-state index is -1.07. The number of phenolic OH excluding ortho intramolecular Hbond substituents is 8. The zero-order chi connectivity index (χ0) is 38.7. The van der Waals surface area contributed by atoms with Crippen molar-refractivity contribution >= 4 is 46.9 Å². The topological polar surface area (TPSA) is 175 Å². The Kier molecular flexibility index (Phi) is 8.31. The van der Waals surface area contributed by atoms with Crippen LogP contribution in [0.25, 0.3) is 55.8 Å². The molecule has 8 rings (SSSR count). The van der Waals surface area contributed by atoms with Crippen molar-refractivity contribution in [3.8, 4) is 68.2 Å². The van der Waals surface area contributed by atoms with E-state index in [2.05, 4.69) is 0 Å². The van der Waals surface area contributed by atoms with Gasteiger partial charge in [-0.2, -0.15) is 0 Å². The highest BCUT2D eigenvalue weighted by atomic mass is 16.4. The maximum Gasteiger partial charge on any atom is 0.208 e. The van der Waals surface area contributed by atoms with Crippen LogP contribution in [0, 0.1) is 6.92 Å². The Labute approximate surface area is 314 Å². The molecular weight excluding hydrogens is 695 g/mol. The van der Waals surface area contributed by atoms with Crippen molar-refractivity contribution in [3.63, 3.8) is 0 Å². The van der Waals surface area contributed by atoms with Crippen molar-refractivity contribution in [2.24, 2.45) is 0 Å². The van der Waals surface area contributed by atoms with Gasteiger partial charge in [-0.15, -0.1) is 0 Å². The van der Waals surface area contributed by atoms with Gasteiger partial charge in [-0.25, -0.2) is 0 Å². The molecule has 270 valence electrons. The Hall–Kier alpha value is -7.46. The molecule has 0 saturated heterocycles. The number of benzene rings is 7. The number of aryl methyl sites for hydroxylation is 1. The smallest absolute Gasteiger partial charge is 0.208 e. The molecule has 0 aliphatic carbocycles. The summed E-state index contributed by atoms with van der Waals surface area (Å²) in [6, 6.07) is 35.3. The fourth-order valence-electron chi connectivity index (χ4n) is 7.40. The summed E-state index contributed by atoms with van der Waals surface area (Å²) in [7, 11) is 1.67. The van der Waals surface area contributed by atoms with Crippen LogP contribution in [0.2, 0.25) is 0 Å². The number of phenols is 8. The van der Waals surface area contributed by atoms with Gasteiger partial charge in [0.25, 0.3) is 0 Å². The van der Waals surface area contributed by atoms with E-state index in [4.69, 9.17) is 4.42 Å². The summed E-state index contributed by atoms with van der Waals surface area (Å²) < 4.78 is 6.45. The zero-order valence-corrected chi connectivity index (χ0v) is 29.5. The third-order valence-corrected chi connectivity index (χ3v) is 10.2. The number of aromatic hydroxyl groups is 8. The molecule has 7 aromatic carbocycles. The van der Waals surface area contributed by atoms with Crippen LogP contribution >= 0.6 is 0 Å². The SMILES string of the molecule is Bc1c(O)c(O)c(O)c(-c2ccccc2)c1/C=c1\cccc\c1=C(\c1ccccc1C)c1ccc(-c2c(O)c(O)c(O)c(O)c2O)c2oc3ccccc3c12. The molecule has 55 heavy (non-hydrogen) atoms. The minimum Gasteiger partial charge on any atom is -0.505 e. The molecule has 0 atom stereocenters. The molecule has 8 N–H and O–H groups in total. The predicted octanol–water partition coefficient (Wildman–Crippen LogP) is 6.21. The molecule has 9 nitrogen and oxygen atoms in total. The highest BCUT2D eigenvalue weighted by molar-refractivity contribution is 6.37. The number of hydrogen-bond acceptors (Lipinski definition) is 9. The molecule has 0 unspecified atom stereocenters. The molecule has 0 radical (unpaired) electrons. The predicted molar refractivity (Wildman–Crippen MR) is 215 cm³/mol. The van der Waals surface area contributed by atoms with Crippen molar-refractivity contribution in [3.05, 3.63) is 148 Å². The highest BCUT2D eigenvalue weighted by Crippen LogP contribution is 2.56. The second-order valence-electron chi connectivity index (χ2n) is 13.3. The summed E-state index contributed by atoms with van der Waals surface area (Å²) >= 11 is 0. The van der Waals surface area contributed by atoms with Crippen LogP contribution in [0.5, 0.6) is 46.0 Å². The summed E-state index contributed by atoms with van der Waals surface area (Å²) in [5.74, 6) is -6.30. The molecule has 0 fully saturated rings. The van der Waals surface area contributed by atoms with Crippen LogP contribution in [-0.2, 0) is 0 Å². The monoisotopic (exact) mass is 728 g/mol. The second-order valence-corrected chi connectivity index (χ2v) is 13.3. The molecule has 0 bridgehead atoms. The number of furan rings is 1. The van der Waals surface area contributed by atoms with Gasteiger partial charge >= 0.3 is 0 Å². The van der Waals surface area contributed by atoms with E-state index in [-0.39, 0.29) is 16.7 Å². The first kappa shape index (κ1) is 34.6. The summed E-state index contributed by atoms with van der Waals surface area (Å²) in [5.41, 5.74) is 5.59. The van der Waals surface area contributed by atoms with E-state index >= 15 is 0 Å². The fraction of sp³-hybridized carbons (Fsp3) is 0.0222. The Morgan fingerprint density at radius 1 is 0.545 bits per heavy atom. The van der Waals surface area contributed by atoms with Crippen molar-refractivity contribution < 1.29 is 45.3 Å². The molecule has 0 spiro atoms. The Balaban J connectivity index is 1.56. The van der Waals surface area contributed by atoms with Gasteiger partial charge in [0.15, 0.2) is 28.7 Å². The summed E-state index contributed by atoms with van der Waals surface area (Å²) in [4.78, 5) is 0. The number of fused-ring (bicyclic) bond motifs is 3. The summed E-state index contributed by atoms with van der Waals surface area (Å²) in [6.45, 7) is 1.99. The molecule has 1 heterocycles. The van der Waals surface area contributed by atoms with E-state index in [1.807, 2.05) is 110 Å². The molecular formula is C45H33BO9. The quantitative estimate of drug-likeness (QED) is 0.0583. The van der Waals surface area contributed by atoms with E-state index in [0.29, 0.717) is 49.3 Å². The van der Waals surface area contributed by atoms with E-state index in [1.54, 1.807) is 26.0 Å². The third kappa shape index (κ3) is 5.42. The Morgan fingerprint density at radius 2 is 1.13 bits per heavy atom. The molecule has 0 amide bonds. The number of para-hydroxylation sites is 1. The van der Waals surface area contributed by atoms with Gasteiger partial charge in [0.1, 0.15) is 19.0 Å². The van der Waals surface area contributed by atoms with Crippen molar-refractivity contribution in [2.45, 2.75) is 6.92 Å². The average Bonchev–Trinajstić information content (AvgIpc) is 3.60. The molecule has 0 saturated carbocycles. The van der Waals surface area contributed by atoms with Crippen LogP contribution in [-0.4, -0.2) is 48.7 Å². The van der Waals surface area contributed by atoms with E-state index < -0.39 is 46.0 Å². The van der Waals surface area contributed by atoms with Crippen LogP contribution in [0.15, 0.2) is 120 Å². The minimum absolute atomic E-state index is 0.137. The van der Waals surface area contributed by atoms with Crippen LogP contribution < -0.4 is 15.9 Å². The van der Waals surface area contributed by atoms with Gasteiger partial charge in [-0.3, -0.25) is 0 Å². The first-order valence-electron chi connectivity index (χ1n) is 17.3. The maximum atomic E-state index is 11.3. The number of rotatable bonds is 5. The Bertz CT molecular complexity index is 2960. The van der Waals surface area contributed by atoms with Crippen molar-refractivity contribution in [1.82, 2.24) is 0 Å². The number of hydrogen-bond donors (Lipinski definition) is 8. The Morgan fingerprint density at radius 3 is 1.85 bits per heavy atom. The highest BCUT2D eigenvalue weighted by Gasteiger charge is 2.29. The first-order valence-corrected chi connectivity index (χ1v) is 17.3. The van der Waals surface area contributed by atoms with Crippen molar-refractivity contribution in [2.75, 3.05) is 0 Å². The first-order chi connectivity index (χ1) is 26.5. The average molecular weight is 729 g/mol. The molecule has 8 aromatic rings. The van der Waals surface area contributed by atoms with Crippen LogP contribution in [0.4, 0.5) is 0 Å². The lowest BCUT2D eigenvalue weighted by atomic mass is 9.82. The van der Waals surface area contributed by atoms with Gasteiger partial charge in [-0.1, -0.05) is 103 Å². The van der Waals surface area contributed by atoms with Gasteiger partial charge in [0.05, 0.1) is 5.56 Å². The third-order valence-electron chi connectivity index (χ3n) is 10.2. The van der Waals surface area contributed by atoms with Gasteiger partial charge in [0.2, 0.25) is 17.2 Å². The fourth-order valence-corrected chi connectivity index (χ4v) is 7.40. The maximum absolute atomic E-state index is 11.3. The summed E-state index contributed by atoms with van der Waals surface area (Å²) in [6.07, 6.45) is 1.86. The summed E-state index contributed by atoms with van der Waals surface area (Å²) in [5, 5.41) is 88.9. The van der Waals surface area contributed by atoms with Gasteiger partial charge < -0.3 is 45.3 Å². The van der Waals surface area contributed by atoms with Crippen LogP contribution in [0.3, 0.4) is 0 Å². The van der Waals surface area contributed by atoms with Gasteiger partial charge in [0, 0.05) is 21.9 Å². The van der Waals surface area contributed by atoms with Crippen molar-refractivity contribution in [1.29, 1.82) is 0 Å². The largest absolute Gasteiger partial charge is 0.505 e.